The molecule has 3 aromatic heterocycles. The van der Waals surface area contributed by atoms with Crippen molar-refractivity contribution >= 4 is 22.3 Å². The van der Waals surface area contributed by atoms with E-state index >= 15 is 0 Å². The molecule has 172 valence electrons. The normalized spacial score (nSPS) is 12.5. The Hall–Kier alpha value is -3.30. The number of aryl methyl sites for hydroxylation is 2. The summed E-state index contributed by atoms with van der Waals surface area (Å²) in [7, 11) is 0. The lowest BCUT2D eigenvalue weighted by Gasteiger charge is -2.16. The van der Waals surface area contributed by atoms with Crippen LogP contribution in [0.4, 0.5) is 15.3 Å². The Morgan fingerprint density at radius 1 is 1.06 bits per heavy atom. The van der Waals surface area contributed by atoms with Crippen molar-refractivity contribution in [2.75, 3.05) is 10.6 Å². The average molecular weight is 467 g/mol. The van der Waals surface area contributed by atoms with Gasteiger partial charge in [-0.2, -0.15) is 5.10 Å². The maximum Gasteiger partial charge on any atom is 0.205 e. The molecule has 0 saturated heterocycles. The Morgan fingerprint density at radius 3 is 2.48 bits per heavy atom. The van der Waals surface area contributed by atoms with Crippen molar-refractivity contribution in [3.05, 3.63) is 83.0 Å². The first-order chi connectivity index (χ1) is 15.8. The van der Waals surface area contributed by atoms with Crippen molar-refractivity contribution in [3.8, 4) is 5.69 Å². The first kappa shape index (κ1) is 22.9. The van der Waals surface area contributed by atoms with Gasteiger partial charge < -0.3 is 15.7 Å². The SMILES string of the molecule is CC(C)(C)c1cc(NC(O)Nc2ncc(CCc3ccncc3)s2)n(-c2ccc(F)cc2)n1. The van der Waals surface area contributed by atoms with Gasteiger partial charge in [-0.1, -0.05) is 20.8 Å². The van der Waals surface area contributed by atoms with Crippen LogP contribution < -0.4 is 10.6 Å². The summed E-state index contributed by atoms with van der Waals surface area (Å²) in [5.41, 5.74) is 2.56. The van der Waals surface area contributed by atoms with E-state index in [0.29, 0.717) is 16.6 Å². The Balaban J connectivity index is 1.45. The van der Waals surface area contributed by atoms with E-state index in [9.17, 15) is 9.50 Å². The highest BCUT2D eigenvalue weighted by Gasteiger charge is 2.22. The fraction of sp³-hybridized carbons (Fsp3) is 0.292. The summed E-state index contributed by atoms with van der Waals surface area (Å²) in [6.45, 7) is 6.18. The van der Waals surface area contributed by atoms with Crippen molar-refractivity contribution < 1.29 is 9.50 Å². The highest BCUT2D eigenvalue weighted by Crippen LogP contribution is 2.27. The number of pyridine rings is 1. The number of aliphatic hydroxyl groups excluding tert-OH is 1. The van der Waals surface area contributed by atoms with Gasteiger partial charge >= 0.3 is 0 Å². The number of thiazole rings is 1. The molecule has 0 aliphatic carbocycles. The van der Waals surface area contributed by atoms with Crippen LogP contribution in [0.5, 0.6) is 0 Å². The van der Waals surface area contributed by atoms with E-state index in [0.717, 1.165) is 23.4 Å². The van der Waals surface area contributed by atoms with Crippen LogP contribution in [0, 0.1) is 5.82 Å². The molecule has 7 nitrogen and oxygen atoms in total. The van der Waals surface area contributed by atoms with Crippen LogP contribution in [0.25, 0.3) is 5.69 Å². The molecule has 4 rings (SSSR count). The minimum atomic E-state index is -1.09. The molecule has 0 amide bonds. The molecule has 0 radical (unpaired) electrons. The highest BCUT2D eigenvalue weighted by atomic mass is 32.1. The second-order valence-corrected chi connectivity index (χ2v) is 9.85. The molecule has 0 bridgehead atoms. The molecule has 1 aromatic carbocycles. The van der Waals surface area contributed by atoms with Gasteiger partial charge in [0.05, 0.1) is 11.4 Å². The number of nitrogens with zero attached hydrogens (tertiary/aromatic N) is 4. The number of nitrogens with one attached hydrogen (secondary N) is 2. The molecule has 0 aliphatic rings. The quantitative estimate of drug-likeness (QED) is 0.325. The number of aliphatic hydroxyl groups is 1. The number of halogens is 1. The summed E-state index contributed by atoms with van der Waals surface area (Å²) in [6, 6.07) is 12.0. The summed E-state index contributed by atoms with van der Waals surface area (Å²) < 4.78 is 15.1. The van der Waals surface area contributed by atoms with Crippen LogP contribution in [-0.4, -0.2) is 31.2 Å². The van der Waals surface area contributed by atoms with Crippen LogP contribution in [0.1, 0.15) is 36.9 Å². The molecule has 0 spiro atoms. The first-order valence-electron chi connectivity index (χ1n) is 10.7. The lowest BCUT2D eigenvalue weighted by atomic mass is 9.92. The average Bonchev–Trinajstić information content (AvgIpc) is 3.40. The van der Waals surface area contributed by atoms with Gasteiger partial charge in [0.2, 0.25) is 6.35 Å². The number of rotatable bonds is 8. The Labute approximate surface area is 196 Å². The van der Waals surface area contributed by atoms with E-state index in [2.05, 4.69) is 46.5 Å². The molecule has 3 N–H and O–H groups in total. The third-order valence-corrected chi connectivity index (χ3v) is 6.05. The smallest absolute Gasteiger partial charge is 0.205 e. The van der Waals surface area contributed by atoms with E-state index in [1.807, 2.05) is 24.4 Å². The van der Waals surface area contributed by atoms with Crippen LogP contribution in [0.15, 0.2) is 61.1 Å². The molecule has 9 heteroatoms. The standard InChI is InChI=1S/C24H27FN6OS/c1-24(2,3)20-14-21(31(30-20)18-7-5-17(25)6-8-18)28-22(32)29-23-27-15-19(33-23)9-4-16-10-12-26-13-11-16/h5-8,10-15,22,28,32H,4,9H2,1-3H3,(H,27,29). The second kappa shape index (κ2) is 9.68. The van der Waals surface area contributed by atoms with Crippen molar-refractivity contribution in [1.29, 1.82) is 0 Å². The van der Waals surface area contributed by atoms with Crippen LogP contribution in [-0.2, 0) is 18.3 Å². The molecular formula is C24H27FN6OS. The Kier molecular flexibility index (Phi) is 6.71. The third-order valence-electron chi connectivity index (χ3n) is 5.06. The molecule has 0 fully saturated rings. The van der Waals surface area contributed by atoms with E-state index in [1.54, 1.807) is 29.2 Å². The summed E-state index contributed by atoms with van der Waals surface area (Å²) in [5, 5.41) is 22.0. The van der Waals surface area contributed by atoms with Gasteiger partial charge in [0.1, 0.15) is 11.6 Å². The van der Waals surface area contributed by atoms with Gasteiger partial charge in [-0.3, -0.25) is 4.98 Å². The maximum absolute atomic E-state index is 13.4. The van der Waals surface area contributed by atoms with Crippen molar-refractivity contribution in [2.24, 2.45) is 0 Å². The molecule has 3 heterocycles. The summed E-state index contributed by atoms with van der Waals surface area (Å²) in [5.74, 6) is 0.266. The number of hydrogen-bond donors (Lipinski definition) is 3. The molecule has 4 aromatic rings. The van der Waals surface area contributed by atoms with E-state index in [4.69, 9.17) is 0 Å². The van der Waals surface area contributed by atoms with Gasteiger partial charge in [-0.15, -0.1) is 11.3 Å². The zero-order valence-electron chi connectivity index (χ0n) is 18.8. The summed E-state index contributed by atoms with van der Waals surface area (Å²) in [6.07, 6.45) is 6.07. The number of anilines is 2. The highest BCUT2D eigenvalue weighted by molar-refractivity contribution is 7.15. The first-order valence-corrected chi connectivity index (χ1v) is 11.5. The fourth-order valence-electron chi connectivity index (χ4n) is 3.23. The lowest BCUT2D eigenvalue weighted by Crippen LogP contribution is -2.29. The summed E-state index contributed by atoms with van der Waals surface area (Å²) >= 11 is 1.50. The molecule has 33 heavy (non-hydrogen) atoms. The Morgan fingerprint density at radius 2 is 1.79 bits per heavy atom. The largest absolute Gasteiger partial charge is 0.356 e. The fourth-order valence-corrected chi connectivity index (χ4v) is 4.06. The van der Waals surface area contributed by atoms with Crippen molar-refractivity contribution in [2.45, 2.75) is 45.4 Å². The third kappa shape index (κ3) is 5.94. The van der Waals surface area contributed by atoms with Gasteiger partial charge in [-0.05, 0) is 54.8 Å². The number of benzene rings is 1. The van der Waals surface area contributed by atoms with E-state index in [-0.39, 0.29) is 11.2 Å². The molecule has 1 unspecified atom stereocenters. The van der Waals surface area contributed by atoms with Crippen LogP contribution in [0.3, 0.4) is 0 Å². The zero-order chi connectivity index (χ0) is 23.4. The minimum Gasteiger partial charge on any atom is -0.356 e. The second-order valence-electron chi connectivity index (χ2n) is 8.73. The van der Waals surface area contributed by atoms with Crippen molar-refractivity contribution in [3.63, 3.8) is 0 Å². The van der Waals surface area contributed by atoms with E-state index in [1.165, 1.54) is 29.0 Å². The van der Waals surface area contributed by atoms with Gasteiger partial charge in [0.15, 0.2) is 5.13 Å². The van der Waals surface area contributed by atoms with Gasteiger partial charge in [0.25, 0.3) is 0 Å². The molecule has 0 aliphatic heterocycles. The maximum atomic E-state index is 13.4. The van der Waals surface area contributed by atoms with Crippen LogP contribution in [0.2, 0.25) is 0 Å². The van der Waals surface area contributed by atoms with Crippen LogP contribution >= 0.6 is 11.3 Å². The molecule has 1 atom stereocenters. The monoisotopic (exact) mass is 466 g/mol. The zero-order valence-corrected chi connectivity index (χ0v) is 19.6. The molecular weight excluding hydrogens is 439 g/mol. The van der Waals surface area contributed by atoms with Gasteiger partial charge in [0, 0.05) is 34.9 Å². The van der Waals surface area contributed by atoms with E-state index < -0.39 is 6.35 Å². The molecule has 0 saturated carbocycles. The lowest BCUT2D eigenvalue weighted by molar-refractivity contribution is 0.232. The number of aromatic nitrogens is 4. The van der Waals surface area contributed by atoms with Gasteiger partial charge in [-0.25, -0.2) is 14.1 Å². The Bertz CT molecular complexity index is 1180. The summed E-state index contributed by atoms with van der Waals surface area (Å²) in [4.78, 5) is 9.53. The minimum absolute atomic E-state index is 0.195. The van der Waals surface area contributed by atoms with Crippen molar-refractivity contribution in [1.82, 2.24) is 19.7 Å². The number of hydrogen-bond acceptors (Lipinski definition) is 7. The topological polar surface area (TPSA) is 87.9 Å². The predicted octanol–water partition coefficient (Wildman–Crippen LogP) is 4.75. The predicted molar refractivity (Wildman–Crippen MR) is 129 cm³/mol.